The summed E-state index contributed by atoms with van der Waals surface area (Å²) >= 11 is 0. The number of urea groups is 1. The third-order valence-corrected chi connectivity index (χ3v) is 6.81. The van der Waals surface area contributed by atoms with Gasteiger partial charge in [0.15, 0.2) is 11.9 Å². The number of nitrogens with zero attached hydrogens (tertiary/aromatic N) is 1. The lowest BCUT2D eigenvalue weighted by molar-refractivity contribution is -0.137. The minimum absolute atomic E-state index is 0.0365. The van der Waals surface area contributed by atoms with Crippen LogP contribution in [0.25, 0.3) is 0 Å². The van der Waals surface area contributed by atoms with Crippen molar-refractivity contribution >= 4 is 47.2 Å². The van der Waals surface area contributed by atoms with Crippen LogP contribution in [0.4, 0.5) is 15.3 Å². The number of anilines is 1. The number of benzene rings is 1. The Morgan fingerprint density at radius 3 is 2.09 bits per heavy atom. The van der Waals surface area contributed by atoms with Gasteiger partial charge in [-0.3, -0.25) is 28.9 Å². The number of carbonyl (C=O) groups excluding carboxylic acids is 7. The zero-order valence-electron chi connectivity index (χ0n) is 24.9. The molecule has 0 aliphatic carbocycles. The fraction of sp³-hybridized carbons (Fsp3) is 0.483. The second-order valence-electron chi connectivity index (χ2n) is 10.6. The maximum Gasteiger partial charge on any atom is 0.405 e. The first-order chi connectivity index (χ1) is 20.8. The number of amides is 7. The molecule has 1 aromatic carbocycles. The van der Waals surface area contributed by atoms with E-state index in [1.807, 2.05) is 0 Å². The maximum absolute atomic E-state index is 13.7. The average Bonchev–Trinajstić information content (AvgIpc) is 3.28. The third kappa shape index (κ3) is 11.4. The smallest absolute Gasteiger partial charge is 0.405 e. The number of nitrogens with two attached hydrogens (primary N) is 3. The number of ether oxygens (including phenoxy) is 1. The van der Waals surface area contributed by atoms with Gasteiger partial charge < -0.3 is 37.9 Å². The number of unbranched alkanes of at least 4 members (excludes halogenated alkanes) is 2. The van der Waals surface area contributed by atoms with Gasteiger partial charge in [-0.25, -0.2) is 9.59 Å². The summed E-state index contributed by atoms with van der Waals surface area (Å²) in [6.45, 7) is 3.82. The number of Topliss-reactive ketones (excluding diaryl/α,β-unsaturated/α-hetero) is 1. The molecule has 0 aromatic heterocycles. The van der Waals surface area contributed by atoms with Crippen molar-refractivity contribution in [3.05, 3.63) is 42.0 Å². The van der Waals surface area contributed by atoms with E-state index in [1.165, 1.54) is 36.4 Å². The molecule has 1 aliphatic rings. The molecule has 1 aliphatic heterocycles. The molecule has 0 saturated carbocycles. The zero-order chi connectivity index (χ0) is 32.8. The summed E-state index contributed by atoms with van der Waals surface area (Å²) in [7, 11) is 0. The predicted octanol–water partition coefficient (Wildman–Crippen LogP) is 0.534. The van der Waals surface area contributed by atoms with Gasteiger partial charge in [0.2, 0.25) is 11.8 Å². The van der Waals surface area contributed by atoms with Gasteiger partial charge in [-0.2, -0.15) is 0 Å². The largest absolute Gasteiger partial charge is 0.433 e. The van der Waals surface area contributed by atoms with Crippen LogP contribution in [0.3, 0.4) is 0 Å². The molecule has 44 heavy (non-hydrogen) atoms. The van der Waals surface area contributed by atoms with Crippen LogP contribution in [-0.4, -0.2) is 71.6 Å². The Bertz CT molecular complexity index is 1230. The number of ketones is 1. The number of nitrogen functional groups attached to an aromatic ring is 1. The van der Waals surface area contributed by atoms with E-state index < -0.39 is 42.0 Å². The van der Waals surface area contributed by atoms with Gasteiger partial charge in [-0.15, -0.1) is 0 Å². The monoisotopic (exact) mass is 615 g/mol. The van der Waals surface area contributed by atoms with Crippen LogP contribution in [-0.2, 0) is 28.7 Å². The van der Waals surface area contributed by atoms with Gasteiger partial charge in [0.1, 0.15) is 6.04 Å². The number of rotatable bonds is 18. The van der Waals surface area contributed by atoms with Crippen LogP contribution < -0.4 is 33.2 Å². The van der Waals surface area contributed by atoms with Gasteiger partial charge in [0, 0.05) is 42.9 Å². The molecule has 1 aromatic rings. The van der Waals surface area contributed by atoms with E-state index in [4.69, 9.17) is 21.9 Å². The van der Waals surface area contributed by atoms with E-state index in [2.05, 4.69) is 16.0 Å². The van der Waals surface area contributed by atoms with Gasteiger partial charge in [-0.05, 0) is 43.7 Å². The summed E-state index contributed by atoms with van der Waals surface area (Å²) in [5.41, 5.74) is 16.8. The molecule has 0 spiro atoms. The minimum atomic E-state index is -1.46. The number of primary amides is 2. The van der Waals surface area contributed by atoms with E-state index in [0.29, 0.717) is 24.9 Å². The molecular weight excluding hydrogens is 574 g/mol. The average molecular weight is 616 g/mol. The van der Waals surface area contributed by atoms with E-state index in [1.54, 1.807) is 13.8 Å². The van der Waals surface area contributed by atoms with Crippen molar-refractivity contribution in [3.8, 4) is 0 Å². The summed E-state index contributed by atoms with van der Waals surface area (Å²) < 4.78 is 5.12. The molecule has 0 fully saturated rings. The molecule has 0 radical (unpaired) electrons. The standard InChI is InChI=1S/C29H41N7O8/c1-17(2)24(35-21(37)8-4-3-5-16-36-22(38)13-14-23(36)39)27(41)34-20(7-6-15-33-28(31)42)25(40)26(44-29(32)43)18-9-11-19(30)12-10-18/h9-14,17,20,24,26H,3-8,15-16,30H2,1-2H3,(H2,32,43)(H,34,41)(H,35,37)(H3,31,33,42). The number of imide groups is 1. The first-order valence-electron chi connectivity index (χ1n) is 14.3. The van der Waals surface area contributed by atoms with E-state index in [9.17, 15) is 33.6 Å². The highest BCUT2D eigenvalue weighted by molar-refractivity contribution is 6.12. The molecule has 2 rings (SSSR count). The van der Waals surface area contributed by atoms with Crippen LogP contribution >= 0.6 is 0 Å². The SMILES string of the molecule is CC(C)C(NC(=O)CCCCCN1C(=O)C=CC1=O)C(=O)NC(CCCNC(N)=O)C(=O)C(OC(N)=O)c1ccc(N)cc1. The van der Waals surface area contributed by atoms with Gasteiger partial charge >= 0.3 is 12.1 Å². The van der Waals surface area contributed by atoms with Crippen molar-refractivity contribution in [2.45, 2.75) is 70.6 Å². The van der Waals surface area contributed by atoms with E-state index in [0.717, 1.165) is 4.90 Å². The van der Waals surface area contributed by atoms with Crippen LogP contribution in [0.1, 0.15) is 64.0 Å². The Morgan fingerprint density at radius 1 is 0.886 bits per heavy atom. The van der Waals surface area contributed by atoms with E-state index in [-0.39, 0.29) is 61.6 Å². The number of hydrogen-bond donors (Lipinski definition) is 6. The minimum Gasteiger partial charge on any atom is -0.433 e. The molecule has 0 bridgehead atoms. The van der Waals surface area contributed by atoms with E-state index >= 15 is 0 Å². The molecule has 3 atom stereocenters. The van der Waals surface area contributed by atoms with Crippen LogP contribution in [0, 0.1) is 5.92 Å². The van der Waals surface area contributed by atoms with Gasteiger partial charge in [-0.1, -0.05) is 32.4 Å². The fourth-order valence-electron chi connectivity index (χ4n) is 4.49. The summed E-state index contributed by atoms with van der Waals surface area (Å²) in [4.78, 5) is 86.9. The lowest BCUT2D eigenvalue weighted by Crippen LogP contribution is -2.54. The molecule has 3 unspecified atom stereocenters. The lowest BCUT2D eigenvalue weighted by Gasteiger charge is -2.27. The Morgan fingerprint density at radius 2 is 1.52 bits per heavy atom. The molecular formula is C29H41N7O8. The summed E-state index contributed by atoms with van der Waals surface area (Å²) in [5, 5.41) is 7.78. The van der Waals surface area contributed by atoms with Crippen molar-refractivity contribution in [1.82, 2.24) is 20.9 Å². The summed E-state index contributed by atoms with van der Waals surface area (Å²) in [6.07, 6.45) is 1.69. The number of carbonyl (C=O) groups is 7. The molecule has 15 nitrogen and oxygen atoms in total. The fourth-order valence-corrected chi connectivity index (χ4v) is 4.49. The summed E-state index contributed by atoms with van der Waals surface area (Å²) in [6, 6.07) is 3.05. The first kappa shape index (κ1) is 35.2. The molecule has 7 amide bonds. The molecule has 0 saturated heterocycles. The Kier molecular flexibility index (Phi) is 13.8. The molecule has 240 valence electrons. The normalized spacial score (nSPS) is 14.6. The highest BCUT2D eigenvalue weighted by Crippen LogP contribution is 2.23. The Labute approximate surface area is 255 Å². The van der Waals surface area contributed by atoms with Crippen molar-refractivity contribution < 1.29 is 38.3 Å². The lowest BCUT2D eigenvalue weighted by atomic mass is 9.95. The van der Waals surface area contributed by atoms with Crippen molar-refractivity contribution in [2.24, 2.45) is 17.4 Å². The second kappa shape index (κ2) is 17.2. The first-order valence-corrected chi connectivity index (χ1v) is 14.3. The van der Waals surface area contributed by atoms with Gasteiger partial charge in [0.25, 0.3) is 11.8 Å². The molecule has 15 heteroatoms. The zero-order valence-corrected chi connectivity index (χ0v) is 24.9. The van der Waals surface area contributed by atoms with Crippen LogP contribution in [0.2, 0.25) is 0 Å². The second-order valence-corrected chi connectivity index (χ2v) is 10.6. The highest BCUT2D eigenvalue weighted by Gasteiger charge is 2.34. The maximum atomic E-state index is 13.7. The summed E-state index contributed by atoms with van der Waals surface area (Å²) in [5.74, 6) is -2.79. The van der Waals surface area contributed by atoms with Crippen molar-refractivity contribution in [3.63, 3.8) is 0 Å². The van der Waals surface area contributed by atoms with Crippen molar-refractivity contribution in [1.29, 1.82) is 0 Å². The Balaban J connectivity index is 2.06. The third-order valence-electron chi connectivity index (χ3n) is 6.81. The highest BCUT2D eigenvalue weighted by atomic mass is 16.6. The number of hydrogen-bond acceptors (Lipinski definition) is 9. The Hall–Kier alpha value is -4.95. The topological polar surface area (TPSA) is 246 Å². The quantitative estimate of drug-likeness (QED) is 0.0765. The van der Waals surface area contributed by atoms with Crippen LogP contribution in [0.15, 0.2) is 36.4 Å². The van der Waals surface area contributed by atoms with Gasteiger partial charge in [0.05, 0.1) is 6.04 Å². The predicted molar refractivity (Wildman–Crippen MR) is 159 cm³/mol. The van der Waals surface area contributed by atoms with Crippen molar-refractivity contribution in [2.75, 3.05) is 18.8 Å². The number of nitrogens with one attached hydrogen (secondary N) is 3. The molecule has 9 N–H and O–H groups in total. The molecule has 1 heterocycles. The van der Waals surface area contributed by atoms with Crippen LogP contribution in [0.5, 0.6) is 0 Å².